The zero-order chi connectivity index (χ0) is 30.8. The van der Waals surface area contributed by atoms with Gasteiger partial charge < -0.3 is 0 Å². The average molecular weight is 599 g/mol. The van der Waals surface area contributed by atoms with E-state index in [1.807, 2.05) is 36.4 Å². The Morgan fingerprint density at radius 1 is 0.630 bits per heavy atom. The van der Waals surface area contributed by atoms with Crippen LogP contribution < -0.4 is 0 Å². The average Bonchev–Trinajstić information content (AvgIpc) is 3.39. The minimum Gasteiger partial charge on any atom is -0.253 e. The van der Waals surface area contributed by atoms with E-state index in [1.54, 1.807) is 11.8 Å². The molecule has 2 aromatic heterocycles. The molecule has 5 atom stereocenters. The van der Waals surface area contributed by atoms with E-state index < -0.39 is 0 Å². The lowest BCUT2D eigenvalue weighted by atomic mass is 9.49. The third kappa shape index (κ3) is 4.19. The summed E-state index contributed by atoms with van der Waals surface area (Å²) in [6, 6.07) is 37.0. The van der Waals surface area contributed by atoms with Crippen LogP contribution in [0.4, 0.5) is 0 Å². The summed E-state index contributed by atoms with van der Waals surface area (Å²) in [6.45, 7) is 4.94. The van der Waals surface area contributed by atoms with Gasteiger partial charge in [-0.05, 0) is 113 Å². The number of fused-ring (bicyclic) bond motifs is 9. The number of pyridine rings is 1. The molecule has 2 saturated carbocycles. The van der Waals surface area contributed by atoms with Crippen LogP contribution in [0, 0.1) is 23.7 Å². The van der Waals surface area contributed by atoms with Crippen LogP contribution in [0.25, 0.3) is 56.2 Å². The number of rotatable bonds is 4. The van der Waals surface area contributed by atoms with Crippen molar-refractivity contribution in [1.29, 1.82) is 0 Å². The minimum absolute atomic E-state index is 0.0327. The molecule has 3 aliphatic carbocycles. The molecule has 4 aromatic carbocycles. The summed E-state index contributed by atoms with van der Waals surface area (Å²) >= 11 is 0. The summed E-state index contributed by atoms with van der Waals surface area (Å²) in [6.07, 6.45) is 8.46. The van der Waals surface area contributed by atoms with Gasteiger partial charge >= 0.3 is 0 Å². The molecule has 0 saturated heterocycles. The largest absolute Gasteiger partial charge is 0.253 e. The highest BCUT2D eigenvalue weighted by Gasteiger charge is 2.56. The molecule has 4 nitrogen and oxygen atoms in total. The first-order chi connectivity index (χ1) is 22.6. The van der Waals surface area contributed by atoms with Crippen LogP contribution >= 0.6 is 0 Å². The van der Waals surface area contributed by atoms with Crippen molar-refractivity contribution in [2.75, 3.05) is 0 Å². The molecule has 0 aliphatic heterocycles. The van der Waals surface area contributed by atoms with E-state index in [-0.39, 0.29) is 5.41 Å². The highest BCUT2D eigenvalue weighted by molar-refractivity contribution is 5.94. The molecular weight excluding hydrogens is 560 g/mol. The van der Waals surface area contributed by atoms with E-state index in [0.29, 0.717) is 29.3 Å². The van der Waals surface area contributed by atoms with Crippen LogP contribution in [0.1, 0.15) is 57.1 Å². The quantitative estimate of drug-likeness (QED) is 0.203. The molecular formula is C42H38N4. The van der Waals surface area contributed by atoms with Crippen molar-refractivity contribution in [1.82, 2.24) is 19.9 Å². The number of aromatic nitrogens is 4. The standard InChI is InChI=1S/C42H38N4/c1-3-27-20-28-19-26(2)42(33(21-27)22-28)36-17-16-32(24-34(36)35-23-30-13-7-8-14-31(30)25-37(35)42)40-44-39(29-11-5-4-6-12-29)45-41(46-40)38-15-9-10-18-43-38/h4-18,23-28,33H,3,19-22H2,1-2H3. The van der Waals surface area contributed by atoms with Crippen molar-refractivity contribution in [2.24, 2.45) is 23.7 Å². The number of hydrogen-bond donors (Lipinski definition) is 0. The zero-order valence-electron chi connectivity index (χ0n) is 26.5. The molecule has 226 valence electrons. The monoisotopic (exact) mass is 598 g/mol. The summed E-state index contributed by atoms with van der Waals surface area (Å²) < 4.78 is 0. The fourth-order valence-corrected chi connectivity index (χ4v) is 9.57. The SMILES string of the molecule is CCC1CC2CC(C)C3(c4ccc(-c5nc(-c6ccccc6)nc(-c6ccccn6)n5)cc4-c4cc5ccccc5cc43)C(C1)C2. The molecule has 6 aromatic rings. The Balaban J connectivity index is 1.27. The fourth-order valence-electron chi connectivity index (χ4n) is 9.57. The molecule has 2 heterocycles. The van der Waals surface area contributed by atoms with E-state index in [9.17, 15) is 0 Å². The van der Waals surface area contributed by atoms with Crippen LogP contribution in [0.15, 0.2) is 109 Å². The molecule has 3 aliphatic rings. The van der Waals surface area contributed by atoms with Gasteiger partial charge in [0.05, 0.1) is 0 Å². The van der Waals surface area contributed by atoms with E-state index in [4.69, 9.17) is 15.0 Å². The number of hydrogen-bond acceptors (Lipinski definition) is 4. The molecule has 5 unspecified atom stereocenters. The van der Waals surface area contributed by atoms with Gasteiger partial charge in [-0.3, -0.25) is 4.98 Å². The molecule has 0 amide bonds. The summed E-state index contributed by atoms with van der Waals surface area (Å²) in [5.41, 5.74) is 8.55. The van der Waals surface area contributed by atoms with Crippen LogP contribution in [0.2, 0.25) is 0 Å². The number of benzene rings is 4. The summed E-state index contributed by atoms with van der Waals surface area (Å²) in [4.78, 5) is 19.6. The maximum absolute atomic E-state index is 5.07. The topological polar surface area (TPSA) is 51.6 Å². The van der Waals surface area contributed by atoms with Crippen molar-refractivity contribution in [2.45, 2.75) is 51.4 Å². The Kier molecular flexibility index (Phi) is 6.41. The van der Waals surface area contributed by atoms with E-state index in [2.05, 4.69) is 85.6 Å². The first kappa shape index (κ1) is 27.6. The van der Waals surface area contributed by atoms with Gasteiger partial charge in [0.25, 0.3) is 0 Å². The predicted molar refractivity (Wildman–Crippen MR) is 186 cm³/mol. The first-order valence-electron chi connectivity index (χ1n) is 17.0. The predicted octanol–water partition coefficient (Wildman–Crippen LogP) is 10.2. The normalized spacial score (nSPS) is 24.6. The second-order valence-electron chi connectivity index (χ2n) is 13.9. The second kappa shape index (κ2) is 10.7. The summed E-state index contributed by atoms with van der Waals surface area (Å²) in [5.74, 6) is 4.85. The Morgan fingerprint density at radius 2 is 1.35 bits per heavy atom. The van der Waals surface area contributed by atoms with Gasteiger partial charge in [-0.15, -0.1) is 0 Å². The minimum atomic E-state index is 0.0327. The maximum Gasteiger partial charge on any atom is 0.182 e. The van der Waals surface area contributed by atoms with Crippen LogP contribution in [0.3, 0.4) is 0 Å². The zero-order valence-corrected chi connectivity index (χ0v) is 26.5. The lowest BCUT2D eigenvalue weighted by Gasteiger charge is -2.54. The van der Waals surface area contributed by atoms with Crippen molar-refractivity contribution >= 4 is 10.8 Å². The third-order valence-electron chi connectivity index (χ3n) is 11.5. The van der Waals surface area contributed by atoms with Crippen molar-refractivity contribution in [3.8, 4) is 45.4 Å². The Bertz CT molecular complexity index is 2030. The molecule has 9 rings (SSSR count). The second-order valence-corrected chi connectivity index (χ2v) is 13.9. The summed E-state index contributed by atoms with van der Waals surface area (Å²) in [7, 11) is 0. The number of nitrogens with zero attached hydrogens (tertiary/aromatic N) is 4. The molecule has 1 spiro atoms. The highest BCUT2D eigenvalue weighted by atomic mass is 15.0. The van der Waals surface area contributed by atoms with Gasteiger partial charge in [-0.25, -0.2) is 15.0 Å². The lowest BCUT2D eigenvalue weighted by molar-refractivity contribution is 0.0369. The molecule has 46 heavy (non-hydrogen) atoms. The van der Waals surface area contributed by atoms with Crippen molar-refractivity contribution < 1.29 is 0 Å². The summed E-state index contributed by atoms with van der Waals surface area (Å²) in [5, 5.41) is 2.64. The first-order valence-corrected chi connectivity index (χ1v) is 17.0. The molecule has 2 fully saturated rings. The highest BCUT2D eigenvalue weighted by Crippen LogP contribution is 2.65. The Hall–Kier alpha value is -4.70. The van der Waals surface area contributed by atoms with Crippen LogP contribution in [-0.4, -0.2) is 19.9 Å². The molecule has 0 radical (unpaired) electrons. The van der Waals surface area contributed by atoms with Gasteiger partial charge in [-0.1, -0.05) is 93.1 Å². The maximum atomic E-state index is 5.07. The van der Waals surface area contributed by atoms with Gasteiger partial charge in [0.15, 0.2) is 17.5 Å². The van der Waals surface area contributed by atoms with Gasteiger partial charge in [0.1, 0.15) is 5.69 Å². The Morgan fingerprint density at radius 3 is 2.13 bits per heavy atom. The lowest BCUT2D eigenvalue weighted by Crippen LogP contribution is -2.49. The van der Waals surface area contributed by atoms with Gasteiger partial charge in [-0.2, -0.15) is 0 Å². The third-order valence-corrected chi connectivity index (χ3v) is 11.5. The fraction of sp³-hybridized carbons (Fsp3) is 0.286. The van der Waals surface area contributed by atoms with Crippen molar-refractivity contribution in [3.05, 3.63) is 120 Å². The Labute approximate surface area is 271 Å². The molecule has 4 heteroatoms. The smallest absolute Gasteiger partial charge is 0.182 e. The van der Waals surface area contributed by atoms with Crippen LogP contribution in [-0.2, 0) is 5.41 Å². The van der Waals surface area contributed by atoms with E-state index in [0.717, 1.165) is 28.7 Å². The van der Waals surface area contributed by atoms with E-state index in [1.165, 1.54) is 59.6 Å². The molecule has 0 N–H and O–H groups in total. The molecule has 2 bridgehead atoms. The van der Waals surface area contributed by atoms with Gasteiger partial charge in [0, 0.05) is 22.7 Å². The van der Waals surface area contributed by atoms with Gasteiger partial charge in [0.2, 0.25) is 0 Å². The van der Waals surface area contributed by atoms with E-state index >= 15 is 0 Å². The van der Waals surface area contributed by atoms with Crippen LogP contribution in [0.5, 0.6) is 0 Å². The van der Waals surface area contributed by atoms with Crippen molar-refractivity contribution in [3.63, 3.8) is 0 Å².